The lowest BCUT2D eigenvalue weighted by Crippen LogP contribution is -2.18. The minimum absolute atomic E-state index is 0.000512. The second-order valence-electron chi connectivity index (χ2n) is 22.4. The lowest BCUT2D eigenvalue weighted by atomic mass is 9.76. The zero-order valence-electron chi connectivity index (χ0n) is 39.9. The Morgan fingerprint density at radius 3 is 1.44 bits per heavy atom. The van der Waals surface area contributed by atoms with E-state index in [9.17, 15) is 0 Å². The van der Waals surface area contributed by atoms with E-state index in [0.29, 0.717) is 0 Å². The molecule has 1 heterocycles. The van der Waals surface area contributed by atoms with Crippen molar-refractivity contribution in [1.82, 2.24) is 4.57 Å². The van der Waals surface area contributed by atoms with Crippen molar-refractivity contribution in [3.8, 4) is 16.8 Å². The molecule has 0 radical (unpaired) electrons. The van der Waals surface area contributed by atoms with Crippen LogP contribution in [0.5, 0.6) is 0 Å². The van der Waals surface area contributed by atoms with Crippen LogP contribution in [0.25, 0.3) is 70.9 Å². The molecule has 9 aromatic carbocycles. The average molecular weight is 835 g/mol. The predicted molar refractivity (Wildman–Crippen MR) is 279 cm³/mol. The summed E-state index contributed by atoms with van der Waals surface area (Å²) in [4.78, 5) is 2.51. The Morgan fingerprint density at radius 1 is 0.375 bits per heavy atom. The van der Waals surface area contributed by atoms with Gasteiger partial charge in [-0.3, -0.25) is 0 Å². The summed E-state index contributed by atoms with van der Waals surface area (Å²) in [5.41, 5.74) is 15.0. The van der Waals surface area contributed by atoms with Gasteiger partial charge in [0, 0.05) is 32.9 Å². The maximum absolute atomic E-state index is 2.51. The Labute approximate surface area is 380 Å². The van der Waals surface area contributed by atoms with Crippen LogP contribution in [0.15, 0.2) is 158 Å². The minimum Gasteiger partial charge on any atom is -0.310 e. The molecule has 0 saturated carbocycles. The smallest absolute Gasteiger partial charge is 0.0541 e. The van der Waals surface area contributed by atoms with E-state index >= 15 is 0 Å². The number of nitrogens with zero attached hydrogens (tertiary/aromatic N) is 2. The number of para-hydroxylation sites is 2. The van der Waals surface area contributed by atoms with Gasteiger partial charge in [0.05, 0.1) is 22.4 Å². The quantitative estimate of drug-likeness (QED) is 0.157. The maximum Gasteiger partial charge on any atom is 0.0541 e. The van der Waals surface area contributed by atoms with Gasteiger partial charge in [-0.15, -0.1) is 0 Å². The monoisotopic (exact) mass is 834 g/mol. The van der Waals surface area contributed by atoms with Gasteiger partial charge in [-0.25, -0.2) is 0 Å². The molecule has 0 bridgehead atoms. The third-order valence-electron chi connectivity index (χ3n) is 13.7. The van der Waals surface area contributed by atoms with Gasteiger partial charge in [-0.1, -0.05) is 192 Å². The van der Waals surface area contributed by atoms with Gasteiger partial charge in [0.25, 0.3) is 0 Å². The van der Waals surface area contributed by atoms with Crippen LogP contribution in [0.3, 0.4) is 0 Å². The molecule has 10 rings (SSSR count). The zero-order chi connectivity index (χ0) is 45.1. The molecule has 0 saturated heterocycles. The Morgan fingerprint density at radius 2 is 0.875 bits per heavy atom. The van der Waals surface area contributed by atoms with Crippen molar-refractivity contribution >= 4 is 71.2 Å². The first kappa shape index (κ1) is 41.6. The van der Waals surface area contributed by atoms with Crippen molar-refractivity contribution in [2.24, 2.45) is 0 Å². The highest BCUT2D eigenvalue weighted by Crippen LogP contribution is 2.48. The number of hydrogen-bond donors (Lipinski definition) is 0. The van der Waals surface area contributed by atoms with Crippen LogP contribution in [-0.2, 0) is 21.7 Å². The lowest BCUT2D eigenvalue weighted by Gasteiger charge is -2.32. The van der Waals surface area contributed by atoms with Gasteiger partial charge in [0.1, 0.15) is 0 Å². The summed E-state index contributed by atoms with van der Waals surface area (Å²) >= 11 is 0. The van der Waals surface area contributed by atoms with Gasteiger partial charge in [-0.05, 0) is 125 Å². The summed E-state index contributed by atoms with van der Waals surface area (Å²) in [5, 5.41) is 10.1. The van der Waals surface area contributed by atoms with E-state index in [1.54, 1.807) is 0 Å². The Kier molecular flexibility index (Phi) is 9.48. The van der Waals surface area contributed by atoms with E-state index in [4.69, 9.17) is 0 Å². The molecule has 1 aromatic heterocycles. The SMILES string of the molecule is CC(C)(C)c1ccc(N(c2ccc(C(C)(C)C)c(-c3cc(C(C)(C)C)cc(C(C)(C)C)c3)c2)c2ccc3ccc4c(-n5c6ccccc6c6ccccc65)ccc5ccc2c3c54)cc1. The average Bonchev–Trinajstić information content (AvgIpc) is 3.59. The fourth-order valence-corrected chi connectivity index (χ4v) is 10.1. The van der Waals surface area contributed by atoms with E-state index in [1.807, 2.05) is 0 Å². The highest BCUT2D eigenvalue weighted by molar-refractivity contribution is 6.27. The minimum atomic E-state index is -0.0756. The third kappa shape index (κ3) is 6.94. The highest BCUT2D eigenvalue weighted by atomic mass is 15.1. The Bertz CT molecular complexity index is 3320. The fraction of sp³-hybridized carbons (Fsp3) is 0.258. The standard InChI is InChI=1S/C62H62N2/c1-59(2,3)42-25-27-45(28-26-42)63(46-29-32-52(62(10,11)12)51(38-46)41-35-43(60(4,5)6)37-44(36-41)61(7,8)9)55-33-23-39-22-31-50-56(34-24-40-21-30-49(55)57(39)58(40)50)64-53-19-15-13-17-47(53)48-18-14-16-20-54(48)64/h13-38H,1-12H3. The molecule has 320 valence electrons. The predicted octanol–water partition coefficient (Wildman–Crippen LogP) is 18.0. The first-order valence-corrected chi connectivity index (χ1v) is 23.2. The summed E-state index contributed by atoms with van der Waals surface area (Å²) in [5.74, 6) is 0. The van der Waals surface area contributed by atoms with E-state index < -0.39 is 0 Å². The number of anilines is 3. The molecule has 0 aliphatic heterocycles. The number of rotatable bonds is 5. The van der Waals surface area contributed by atoms with Gasteiger partial charge in [-0.2, -0.15) is 0 Å². The van der Waals surface area contributed by atoms with Crippen molar-refractivity contribution in [3.05, 3.63) is 180 Å². The van der Waals surface area contributed by atoms with Crippen LogP contribution >= 0.6 is 0 Å². The zero-order valence-corrected chi connectivity index (χ0v) is 39.9. The molecule has 2 heteroatoms. The summed E-state index contributed by atoms with van der Waals surface area (Å²) in [6, 6.07) is 60.2. The molecule has 10 aromatic rings. The molecule has 0 amide bonds. The second kappa shape index (κ2) is 14.6. The molecular weight excluding hydrogens is 773 g/mol. The fourth-order valence-electron chi connectivity index (χ4n) is 10.1. The Balaban J connectivity index is 1.25. The summed E-state index contributed by atoms with van der Waals surface area (Å²) in [7, 11) is 0. The molecule has 0 fully saturated rings. The van der Waals surface area contributed by atoms with Gasteiger partial charge in [0.2, 0.25) is 0 Å². The molecule has 0 aliphatic carbocycles. The van der Waals surface area contributed by atoms with Crippen molar-refractivity contribution < 1.29 is 0 Å². The van der Waals surface area contributed by atoms with Crippen molar-refractivity contribution in [1.29, 1.82) is 0 Å². The summed E-state index contributed by atoms with van der Waals surface area (Å²) in [6.45, 7) is 27.9. The number of aromatic nitrogens is 1. The molecule has 0 N–H and O–H groups in total. The van der Waals surface area contributed by atoms with Crippen LogP contribution in [-0.4, -0.2) is 4.57 Å². The van der Waals surface area contributed by atoms with Crippen molar-refractivity contribution in [2.75, 3.05) is 4.90 Å². The first-order chi connectivity index (χ1) is 30.3. The Hall–Kier alpha value is -6.38. The van der Waals surface area contributed by atoms with Crippen molar-refractivity contribution in [3.63, 3.8) is 0 Å². The molecule has 0 spiro atoms. The van der Waals surface area contributed by atoms with E-state index in [2.05, 4.69) is 250 Å². The van der Waals surface area contributed by atoms with Crippen molar-refractivity contribution in [2.45, 2.75) is 105 Å². The van der Waals surface area contributed by atoms with Crippen LogP contribution in [0, 0.1) is 0 Å². The van der Waals surface area contributed by atoms with Crippen LogP contribution in [0.4, 0.5) is 17.1 Å². The normalized spacial score (nSPS) is 13.0. The number of benzene rings is 9. The highest BCUT2D eigenvalue weighted by Gasteiger charge is 2.27. The molecule has 2 nitrogen and oxygen atoms in total. The van der Waals surface area contributed by atoms with Gasteiger partial charge >= 0.3 is 0 Å². The lowest BCUT2D eigenvalue weighted by molar-refractivity contribution is 0.568. The van der Waals surface area contributed by atoms with E-state index in [1.165, 1.54) is 98.9 Å². The van der Waals surface area contributed by atoms with E-state index in [-0.39, 0.29) is 21.7 Å². The number of hydrogen-bond acceptors (Lipinski definition) is 1. The second-order valence-corrected chi connectivity index (χ2v) is 22.4. The molecule has 64 heavy (non-hydrogen) atoms. The summed E-state index contributed by atoms with van der Waals surface area (Å²) in [6.07, 6.45) is 0. The first-order valence-electron chi connectivity index (χ1n) is 23.2. The topological polar surface area (TPSA) is 8.17 Å². The van der Waals surface area contributed by atoms with Gasteiger partial charge in [0.15, 0.2) is 0 Å². The maximum atomic E-state index is 2.51. The molecule has 0 unspecified atom stereocenters. The third-order valence-corrected chi connectivity index (χ3v) is 13.7. The molecule has 0 atom stereocenters. The van der Waals surface area contributed by atoms with Crippen LogP contribution < -0.4 is 4.90 Å². The molecular formula is C62H62N2. The number of fused-ring (bicyclic) bond motifs is 3. The van der Waals surface area contributed by atoms with Gasteiger partial charge < -0.3 is 9.47 Å². The van der Waals surface area contributed by atoms with Crippen LogP contribution in [0.1, 0.15) is 105 Å². The summed E-state index contributed by atoms with van der Waals surface area (Å²) < 4.78 is 2.47. The molecule has 0 aliphatic rings. The van der Waals surface area contributed by atoms with Crippen LogP contribution in [0.2, 0.25) is 0 Å². The van der Waals surface area contributed by atoms with E-state index in [0.717, 1.165) is 11.4 Å². The largest absolute Gasteiger partial charge is 0.310 e.